The quantitative estimate of drug-likeness (QED) is 0.230. The number of halogens is 4. The predicted octanol–water partition coefficient (Wildman–Crippen LogP) is 7.20. The maximum absolute atomic E-state index is 14.5. The highest BCUT2D eigenvalue weighted by molar-refractivity contribution is 6.32. The Morgan fingerprint density at radius 1 is 0.707 bits per heavy atom. The minimum absolute atomic E-state index is 0.0456. The van der Waals surface area contributed by atoms with Gasteiger partial charge in [0.05, 0.1) is 53.9 Å². The van der Waals surface area contributed by atoms with E-state index in [0.29, 0.717) is 17.0 Å². The van der Waals surface area contributed by atoms with E-state index in [-0.39, 0.29) is 49.4 Å². The van der Waals surface area contributed by atoms with Crippen LogP contribution >= 0.6 is 23.2 Å². The number of hydrogen-bond donors (Lipinski definition) is 1. The standard InChI is InChI=1S/C15H13ClFNO3.C14H11ClFNO3/c1-8-12(15(19)21-3)9(6-7-18-8)10-4-5-11(16)14(20-2)13(10)17;1-7-11(14(18)19)8(5-6-17-7)9-3-4-10(15)13(20-2)12(9)16/h4-7H,1-3H3;3-6H,1-2H3,(H,18,19). The summed E-state index contributed by atoms with van der Waals surface area (Å²) in [5.74, 6) is -3.27. The molecular weight excluding hydrogens is 581 g/mol. The number of benzene rings is 2. The van der Waals surface area contributed by atoms with Gasteiger partial charge in [-0.15, -0.1) is 0 Å². The Morgan fingerprint density at radius 2 is 1.12 bits per heavy atom. The zero-order valence-corrected chi connectivity index (χ0v) is 24.0. The van der Waals surface area contributed by atoms with Crippen LogP contribution in [0.15, 0.2) is 48.8 Å². The van der Waals surface area contributed by atoms with E-state index in [0.717, 1.165) is 0 Å². The molecule has 0 bridgehead atoms. The molecule has 4 rings (SSSR count). The highest BCUT2D eigenvalue weighted by Crippen LogP contribution is 2.38. The molecule has 0 spiro atoms. The van der Waals surface area contributed by atoms with Gasteiger partial charge in [-0.1, -0.05) is 23.2 Å². The van der Waals surface area contributed by atoms with Crippen LogP contribution in [0, 0.1) is 25.5 Å². The molecule has 2 aromatic carbocycles. The summed E-state index contributed by atoms with van der Waals surface area (Å²) in [6.45, 7) is 3.21. The fourth-order valence-electron chi connectivity index (χ4n) is 4.07. The average Bonchev–Trinajstić information content (AvgIpc) is 2.93. The van der Waals surface area contributed by atoms with Gasteiger partial charge < -0.3 is 19.3 Å². The largest absolute Gasteiger partial charge is 0.492 e. The molecule has 214 valence electrons. The van der Waals surface area contributed by atoms with Crippen LogP contribution in [0.2, 0.25) is 10.0 Å². The van der Waals surface area contributed by atoms with E-state index in [2.05, 4.69) is 9.97 Å². The number of aromatic carboxylic acids is 1. The van der Waals surface area contributed by atoms with Crippen molar-refractivity contribution in [2.24, 2.45) is 0 Å². The fraction of sp³-hybridized carbons (Fsp3) is 0.172. The summed E-state index contributed by atoms with van der Waals surface area (Å²) in [6.07, 6.45) is 2.93. The van der Waals surface area contributed by atoms with E-state index in [1.54, 1.807) is 19.9 Å². The molecule has 4 aromatic rings. The van der Waals surface area contributed by atoms with Crippen molar-refractivity contribution < 1.29 is 37.7 Å². The molecule has 41 heavy (non-hydrogen) atoms. The third-order valence-corrected chi connectivity index (χ3v) is 6.57. The number of carboxylic acids is 1. The van der Waals surface area contributed by atoms with Crippen LogP contribution in [0.5, 0.6) is 11.5 Å². The number of aryl methyl sites for hydroxylation is 2. The van der Waals surface area contributed by atoms with Gasteiger partial charge >= 0.3 is 11.9 Å². The maximum atomic E-state index is 14.5. The minimum atomic E-state index is -1.17. The van der Waals surface area contributed by atoms with E-state index >= 15 is 0 Å². The summed E-state index contributed by atoms with van der Waals surface area (Å²) in [5, 5.41) is 9.54. The number of ether oxygens (including phenoxy) is 3. The van der Waals surface area contributed by atoms with Crippen LogP contribution < -0.4 is 9.47 Å². The molecule has 12 heteroatoms. The molecule has 0 atom stereocenters. The van der Waals surface area contributed by atoms with Gasteiger partial charge in [0.25, 0.3) is 0 Å². The summed E-state index contributed by atoms with van der Waals surface area (Å²) in [5.41, 5.74) is 1.84. The van der Waals surface area contributed by atoms with E-state index in [4.69, 9.17) is 37.4 Å². The fourth-order valence-corrected chi connectivity index (χ4v) is 4.51. The molecule has 0 fully saturated rings. The second-order valence-electron chi connectivity index (χ2n) is 8.32. The molecule has 0 saturated heterocycles. The molecule has 0 saturated carbocycles. The average molecular weight is 605 g/mol. The third-order valence-electron chi connectivity index (χ3n) is 5.97. The highest BCUT2D eigenvalue weighted by Gasteiger charge is 2.23. The smallest absolute Gasteiger partial charge is 0.340 e. The second kappa shape index (κ2) is 13.4. The number of methoxy groups -OCH3 is 3. The van der Waals surface area contributed by atoms with Crippen molar-refractivity contribution in [3.63, 3.8) is 0 Å². The van der Waals surface area contributed by atoms with E-state index in [1.165, 1.54) is 64.1 Å². The summed E-state index contributed by atoms with van der Waals surface area (Å²) in [7, 11) is 3.88. The van der Waals surface area contributed by atoms with Gasteiger partial charge in [-0.25, -0.2) is 18.4 Å². The topological polar surface area (TPSA) is 108 Å². The molecule has 0 amide bonds. The number of carbonyl (C=O) groups is 2. The second-order valence-corrected chi connectivity index (χ2v) is 9.13. The van der Waals surface area contributed by atoms with Gasteiger partial charge in [0, 0.05) is 34.6 Å². The van der Waals surface area contributed by atoms with Crippen molar-refractivity contribution in [2.75, 3.05) is 21.3 Å². The molecule has 2 aromatic heterocycles. The Morgan fingerprint density at radius 3 is 1.51 bits per heavy atom. The first-order valence-electron chi connectivity index (χ1n) is 11.8. The Labute approximate surface area is 244 Å². The van der Waals surface area contributed by atoms with E-state index in [9.17, 15) is 23.5 Å². The van der Waals surface area contributed by atoms with Crippen LogP contribution in [0.3, 0.4) is 0 Å². The highest BCUT2D eigenvalue weighted by atomic mass is 35.5. The molecule has 8 nitrogen and oxygen atoms in total. The maximum Gasteiger partial charge on any atom is 0.340 e. The van der Waals surface area contributed by atoms with E-state index in [1.807, 2.05) is 0 Å². The Bertz CT molecular complexity index is 1630. The molecule has 0 aliphatic carbocycles. The zero-order chi connectivity index (χ0) is 30.4. The predicted molar refractivity (Wildman–Crippen MR) is 150 cm³/mol. The number of esters is 1. The minimum Gasteiger partial charge on any atom is -0.492 e. The lowest BCUT2D eigenvalue weighted by atomic mass is 9.98. The first kappa shape index (κ1) is 31.3. The molecule has 0 aliphatic heterocycles. The lowest BCUT2D eigenvalue weighted by molar-refractivity contribution is 0.0599. The monoisotopic (exact) mass is 604 g/mol. The number of pyridine rings is 2. The first-order valence-corrected chi connectivity index (χ1v) is 12.5. The van der Waals surface area contributed by atoms with Crippen LogP contribution in [-0.4, -0.2) is 48.3 Å². The van der Waals surface area contributed by atoms with Crippen LogP contribution in [0.25, 0.3) is 22.3 Å². The van der Waals surface area contributed by atoms with Gasteiger partial charge in [0.15, 0.2) is 23.1 Å². The van der Waals surface area contributed by atoms with Crippen molar-refractivity contribution >= 4 is 35.1 Å². The Kier molecular flexibility index (Phi) is 10.2. The van der Waals surface area contributed by atoms with Crippen molar-refractivity contribution in [2.45, 2.75) is 13.8 Å². The lowest BCUT2D eigenvalue weighted by Crippen LogP contribution is -2.08. The summed E-state index contributed by atoms with van der Waals surface area (Å²) in [4.78, 5) is 31.2. The number of carbonyl (C=O) groups excluding carboxylic acids is 1. The van der Waals surface area contributed by atoms with Crippen LogP contribution in [-0.2, 0) is 4.74 Å². The van der Waals surface area contributed by atoms with Crippen LogP contribution in [0.4, 0.5) is 8.78 Å². The van der Waals surface area contributed by atoms with E-state index < -0.39 is 23.6 Å². The van der Waals surface area contributed by atoms with Gasteiger partial charge in [0.2, 0.25) is 0 Å². The van der Waals surface area contributed by atoms with Gasteiger partial charge in [-0.3, -0.25) is 9.97 Å². The normalized spacial score (nSPS) is 10.4. The zero-order valence-electron chi connectivity index (χ0n) is 22.5. The number of aromatic nitrogens is 2. The lowest BCUT2D eigenvalue weighted by Gasteiger charge is -2.13. The van der Waals surface area contributed by atoms with Gasteiger partial charge in [0.1, 0.15) is 0 Å². The molecule has 0 radical (unpaired) electrons. The van der Waals surface area contributed by atoms with Crippen LogP contribution in [0.1, 0.15) is 32.1 Å². The summed E-state index contributed by atoms with van der Waals surface area (Å²) >= 11 is 11.7. The SMILES string of the molecule is COC(=O)c1c(-c2ccc(Cl)c(OC)c2F)ccnc1C.COc1c(Cl)ccc(-c2ccnc(C)c2C(=O)O)c1F. The van der Waals surface area contributed by atoms with Crippen molar-refractivity contribution in [1.29, 1.82) is 0 Å². The van der Waals surface area contributed by atoms with Gasteiger partial charge in [-0.05, 0) is 50.2 Å². The Hall–Kier alpha value is -4.28. The van der Waals surface area contributed by atoms with Crippen molar-refractivity contribution in [1.82, 2.24) is 9.97 Å². The number of rotatable bonds is 6. The molecule has 0 unspecified atom stereocenters. The molecule has 2 heterocycles. The number of carboxylic acid groups (broad SMARTS) is 1. The molecule has 1 N–H and O–H groups in total. The third kappa shape index (κ3) is 6.39. The van der Waals surface area contributed by atoms with Crippen molar-refractivity contribution in [3.05, 3.63) is 93.0 Å². The summed E-state index contributed by atoms with van der Waals surface area (Å²) in [6, 6.07) is 8.87. The molecular formula is C29H24Cl2F2N2O6. The van der Waals surface area contributed by atoms with Gasteiger partial charge in [-0.2, -0.15) is 0 Å². The number of nitrogens with zero attached hydrogens (tertiary/aromatic N) is 2. The Balaban J connectivity index is 0.000000226. The first-order chi connectivity index (χ1) is 19.5. The summed E-state index contributed by atoms with van der Waals surface area (Å²) < 4.78 is 43.5. The molecule has 0 aliphatic rings. The van der Waals surface area contributed by atoms with Crippen molar-refractivity contribution in [3.8, 4) is 33.8 Å². The number of hydrogen-bond acceptors (Lipinski definition) is 7.